The molecule has 0 saturated heterocycles. The molecule has 3 aromatic heterocycles. The highest BCUT2D eigenvalue weighted by molar-refractivity contribution is 5.95. The minimum absolute atomic E-state index is 0.0248. The van der Waals surface area contributed by atoms with Crippen molar-refractivity contribution in [1.29, 1.82) is 0 Å². The maximum Gasteiger partial charge on any atom is 0.318 e. The van der Waals surface area contributed by atoms with E-state index in [1.54, 1.807) is 0 Å². The Balaban J connectivity index is 1.25. The summed E-state index contributed by atoms with van der Waals surface area (Å²) in [5.41, 5.74) is 7.81. The van der Waals surface area contributed by atoms with E-state index in [9.17, 15) is 4.79 Å². The summed E-state index contributed by atoms with van der Waals surface area (Å²) in [6.45, 7) is 7.25. The molecule has 0 bridgehead atoms. The molecule has 0 saturated carbocycles. The highest BCUT2D eigenvalue weighted by Crippen LogP contribution is 2.31. The van der Waals surface area contributed by atoms with Crippen molar-refractivity contribution >= 4 is 45.0 Å². The van der Waals surface area contributed by atoms with Gasteiger partial charge in [-0.15, -0.1) is 0 Å². The van der Waals surface area contributed by atoms with E-state index in [-0.39, 0.29) is 11.6 Å². The fraction of sp³-hybridized carbons (Fsp3) is 0.233. The molecular formula is C30H31N7O. The SMILES string of the molecule is CC(C)(C)NC(=O)N1CC=C(c2cc3c(Nc4ccc5ncn(-c6ccccc6)c5c4)ccnc3[nH]2)CC1. The molecule has 38 heavy (non-hydrogen) atoms. The third-order valence-electron chi connectivity index (χ3n) is 6.72. The predicted octanol–water partition coefficient (Wildman–Crippen LogP) is 6.24. The van der Waals surface area contributed by atoms with Gasteiger partial charge in [0.25, 0.3) is 0 Å². The van der Waals surface area contributed by atoms with Crippen LogP contribution in [0, 0.1) is 0 Å². The number of rotatable bonds is 4. The third-order valence-corrected chi connectivity index (χ3v) is 6.72. The van der Waals surface area contributed by atoms with Crippen molar-refractivity contribution in [2.45, 2.75) is 32.7 Å². The first-order valence-corrected chi connectivity index (χ1v) is 12.9. The summed E-state index contributed by atoms with van der Waals surface area (Å²) >= 11 is 0. The molecule has 0 atom stereocenters. The number of urea groups is 1. The molecule has 2 amide bonds. The van der Waals surface area contributed by atoms with Crippen LogP contribution in [0.3, 0.4) is 0 Å². The molecule has 0 unspecified atom stereocenters. The lowest BCUT2D eigenvalue weighted by Crippen LogP contribution is -2.49. The number of H-pyrrole nitrogens is 1. The molecule has 5 aromatic rings. The molecule has 0 spiro atoms. The maximum atomic E-state index is 12.5. The molecule has 0 fully saturated rings. The standard InChI is InChI=1S/C30H31N7O/c1-30(2,3)35-29(38)36-15-12-20(13-16-36)26-18-23-24(11-14-31-28(23)34-26)33-21-9-10-25-27(17-21)37(19-32-25)22-7-5-4-6-8-22/h4-12,14,17-19H,13,15-16H2,1-3H3,(H,35,38)(H2,31,33,34). The quantitative estimate of drug-likeness (QED) is 0.270. The number of nitrogens with one attached hydrogen (secondary N) is 3. The second-order valence-corrected chi connectivity index (χ2v) is 10.7. The fourth-order valence-electron chi connectivity index (χ4n) is 4.84. The molecule has 0 radical (unpaired) electrons. The Morgan fingerprint density at radius 1 is 1.03 bits per heavy atom. The number of amides is 2. The lowest BCUT2D eigenvalue weighted by molar-refractivity contribution is 0.193. The van der Waals surface area contributed by atoms with Crippen molar-refractivity contribution in [3.8, 4) is 5.69 Å². The zero-order valence-electron chi connectivity index (χ0n) is 21.8. The summed E-state index contributed by atoms with van der Waals surface area (Å²) in [7, 11) is 0. The number of benzene rings is 2. The van der Waals surface area contributed by atoms with Crippen molar-refractivity contribution in [1.82, 2.24) is 29.7 Å². The largest absolute Gasteiger partial charge is 0.355 e. The highest BCUT2D eigenvalue weighted by Gasteiger charge is 2.22. The molecule has 2 aromatic carbocycles. The Labute approximate surface area is 221 Å². The van der Waals surface area contributed by atoms with Crippen LogP contribution in [0.1, 0.15) is 32.9 Å². The number of carbonyl (C=O) groups excluding carboxylic acids is 1. The van der Waals surface area contributed by atoms with Gasteiger partial charge in [-0.1, -0.05) is 24.3 Å². The molecule has 0 aliphatic carbocycles. The number of aromatic amines is 1. The lowest BCUT2D eigenvalue weighted by Gasteiger charge is -2.30. The molecule has 1 aliphatic rings. The summed E-state index contributed by atoms with van der Waals surface area (Å²) in [4.78, 5) is 27.0. The van der Waals surface area contributed by atoms with E-state index in [1.807, 2.05) is 74.6 Å². The van der Waals surface area contributed by atoms with Gasteiger partial charge in [0, 0.05) is 47.3 Å². The number of hydrogen-bond donors (Lipinski definition) is 3. The topological polar surface area (TPSA) is 90.9 Å². The number of fused-ring (bicyclic) bond motifs is 2. The second kappa shape index (κ2) is 9.37. The minimum Gasteiger partial charge on any atom is -0.355 e. The van der Waals surface area contributed by atoms with Gasteiger partial charge in [-0.25, -0.2) is 14.8 Å². The number of carbonyl (C=O) groups is 1. The van der Waals surface area contributed by atoms with Crippen LogP contribution in [0.5, 0.6) is 0 Å². The van der Waals surface area contributed by atoms with E-state index < -0.39 is 0 Å². The maximum absolute atomic E-state index is 12.5. The van der Waals surface area contributed by atoms with Gasteiger partial charge in [-0.2, -0.15) is 0 Å². The van der Waals surface area contributed by atoms with Crippen LogP contribution in [-0.4, -0.2) is 49.1 Å². The van der Waals surface area contributed by atoms with E-state index in [0.717, 1.165) is 51.2 Å². The van der Waals surface area contributed by atoms with E-state index in [2.05, 4.69) is 60.5 Å². The van der Waals surface area contributed by atoms with Crippen LogP contribution in [0.4, 0.5) is 16.2 Å². The fourth-order valence-corrected chi connectivity index (χ4v) is 4.84. The number of hydrogen-bond acceptors (Lipinski definition) is 4. The van der Waals surface area contributed by atoms with Gasteiger partial charge < -0.3 is 20.5 Å². The molecule has 4 heterocycles. The first kappa shape index (κ1) is 23.8. The number of imidazole rings is 1. The monoisotopic (exact) mass is 505 g/mol. The Kier molecular flexibility index (Phi) is 5.87. The van der Waals surface area contributed by atoms with E-state index >= 15 is 0 Å². The number of nitrogens with zero attached hydrogens (tertiary/aromatic N) is 4. The Bertz CT molecular complexity index is 1660. The predicted molar refractivity (Wildman–Crippen MR) is 153 cm³/mol. The second-order valence-electron chi connectivity index (χ2n) is 10.7. The molecule has 8 heteroatoms. The van der Waals surface area contributed by atoms with Crippen molar-refractivity contribution in [2.75, 3.05) is 18.4 Å². The summed E-state index contributed by atoms with van der Waals surface area (Å²) in [6.07, 6.45) is 6.58. The smallest absolute Gasteiger partial charge is 0.318 e. The first-order chi connectivity index (χ1) is 18.3. The molecular weight excluding hydrogens is 474 g/mol. The summed E-state index contributed by atoms with van der Waals surface area (Å²) in [6, 6.07) is 20.5. The van der Waals surface area contributed by atoms with Gasteiger partial charge in [-0.05, 0) is 75.2 Å². The van der Waals surface area contributed by atoms with Crippen LogP contribution < -0.4 is 10.6 Å². The van der Waals surface area contributed by atoms with Gasteiger partial charge >= 0.3 is 6.03 Å². The average molecular weight is 506 g/mol. The van der Waals surface area contributed by atoms with Crippen LogP contribution in [0.2, 0.25) is 0 Å². The molecule has 1 aliphatic heterocycles. The third kappa shape index (κ3) is 4.72. The zero-order valence-corrected chi connectivity index (χ0v) is 21.8. The van der Waals surface area contributed by atoms with Crippen LogP contribution in [0.15, 0.2) is 79.3 Å². The van der Waals surface area contributed by atoms with Crippen molar-refractivity contribution < 1.29 is 4.79 Å². The molecule has 3 N–H and O–H groups in total. The van der Waals surface area contributed by atoms with Gasteiger partial charge in [0.1, 0.15) is 12.0 Å². The average Bonchev–Trinajstić information content (AvgIpc) is 3.53. The van der Waals surface area contributed by atoms with E-state index in [4.69, 9.17) is 0 Å². The lowest BCUT2D eigenvalue weighted by atomic mass is 10.0. The van der Waals surface area contributed by atoms with Crippen LogP contribution in [-0.2, 0) is 0 Å². The Hall–Kier alpha value is -4.59. The van der Waals surface area contributed by atoms with Crippen molar-refractivity contribution in [3.05, 3.63) is 85.0 Å². The summed E-state index contributed by atoms with van der Waals surface area (Å²) < 4.78 is 2.09. The minimum atomic E-state index is -0.251. The zero-order chi connectivity index (χ0) is 26.3. The van der Waals surface area contributed by atoms with Crippen LogP contribution in [0.25, 0.3) is 33.3 Å². The normalized spacial score (nSPS) is 14.1. The van der Waals surface area contributed by atoms with E-state index in [0.29, 0.717) is 13.1 Å². The summed E-state index contributed by atoms with van der Waals surface area (Å²) in [5, 5.41) is 7.65. The number of anilines is 2. The van der Waals surface area contributed by atoms with Gasteiger partial charge in [-0.3, -0.25) is 4.57 Å². The highest BCUT2D eigenvalue weighted by atomic mass is 16.2. The summed E-state index contributed by atoms with van der Waals surface area (Å²) in [5.74, 6) is 0. The molecule has 8 nitrogen and oxygen atoms in total. The first-order valence-electron chi connectivity index (χ1n) is 12.9. The Morgan fingerprint density at radius 2 is 1.87 bits per heavy atom. The van der Waals surface area contributed by atoms with Gasteiger partial charge in [0.05, 0.1) is 16.7 Å². The number of pyridine rings is 1. The van der Waals surface area contributed by atoms with Crippen molar-refractivity contribution in [2.24, 2.45) is 0 Å². The molecule has 6 rings (SSSR count). The number of aromatic nitrogens is 4. The Morgan fingerprint density at radius 3 is 2.63 bits per heavy atom. The number of para-hydroxylation sites is 1. The van der Waals surface area contributed by atoms with Gasteiger partial charge in [0.15, 0.2) is 0 Å². The van der Waals surface area contributed by atoms with E-state index in [1.165, 1.54) is 5.57 Å². The van der Waals surface area contributed by atoms with Crippen LogP contribution >= 0.6 is 0 Å². The molecule has 192 valence electrons. The van der Waals surface area contributed by atoms with Crippen molar-refractivity contribution in [3.63, 3.8) is 0 Å². The van der Waals surface area contributed by atoms with Gasteiger partial charge in [0.2, 0.25) is 0 Å².